The van der Waals surface area contributed by atoms with E-state index in [0.717, 1.165) is 35.8 Å². The Bertz CT molecular complexity index is 775. The van der Waals surface area contributed by atoms with Crippen LogP contribution in [0.25, 0.3) is 0 Å². The minimum absolute atomic E-state index is 0.150. The van der Waals surface area contributed by atoms with Gasteiger partial charge in [0.2, 0.25) is 6.79 Å². The van der Waals surface area contributed by atoms with Gasteiger partial charge < -0.3 is 25.0 Å². The van der Waals surface area contributed by atoms with Crippen molar-refractivity contribution in [3.8, 4) is 11.5 Å². The molecule has 1 aromatic heterocycles. The zero-order valence-corrected chi connectivity index (χ0v) is 16.0. The lowest BCUT2D eigenvalue weighted by molar-refractivity contribution is 0.174. The highest BCUT2D eigenvalue weighted by Gasteiger charge is 2.16. The Morgan fingerprint density at radius 2 is 1.96 bits per heavy atom. The number of aromatic nitrogens is 1. The molecule has 7 nitrogen and oxygen atoms in total. The van der Waals surface area contributed by atoms with Gasteiger partial charge in [-0.25, -0.2) is 9.78 Å². The van der Waals surface area contributed by atoms with E-state index in [1.54, 1.807) is 6.20 Å². The molecular formula is C20H26N4O3. The fourth-order valence-electron chi connectivity index (χ4n) is 2.95. The molecule has 1 aliphatic heterocycles. The molecule has 1 aromatic carbocycles. The number of rotatable bonds is 7. The number of carbonyl (C=O) groups is 1. The molecule has 0 fully saturated rings. The van der Waals surface area contributed by atoms with Gasteiger partial charge >= 0.3 is 6.03 Å². The molecule has 1 unspecified atom stereocenters. The Hall–Kier alpha value is -2.96. The van der Waals surface area contributed by atoms with Gasteiger partial charge in [-0.15, -0.1) is 0 Å². The Morgan fingerprint density at radius 1 is 1.19 bits per heavy atom. The fourth-order valence-corrected chi connectivity index (χ4v) is 2.95. The van der Waals surface area contributed by atoms with Crippen LogP contribution in [0.1, 0.15) is 37.9 Å². The van der Waals surface area contributed by atoms with E-state index in [0.29, 0.717) is 12.3 Å². The third-order valence-electron chi connectivity index (χ3n) is 4.59. The van der Waals surface area contributed by atoms with Gasteiger partial charge in [0, 0.05) is 25.8 Å². The van der Waals surface area contributed by atoms with E-state index in [4.69, 9.17) is 9.47 Å². The van der Waals surface area contributed by atoms with Crippen LogP contribution in [-0.4, -0.2) is 30.9 Å². The number of anilines is 1. The number of nitrogens with one attached hydrogen (secondary N) is 2. The number of amides is 2. The molecule has 7 heteroatoms. The smallest absolute Gasteiger partial charge is 0.315 e. The molecule has 0 bridgehead atoms. The average Bonchev–Trinajstić information content (AvgIpc) is 3.16. The van der Waals surface area contributed by atoms with Crippen molar-refractivity contribution in [1.82, 2.24) is 15.6 Å². The minimum atomic E-state index is -0.229. The summed E-state index contributed by atoms with van der Waals surface area (Å²) in [6.45, 7) is 8.63. The predicted octanol–water partition coefficient (Wildman–Crippen LogP) is 3.22. The van der Waals surface area contributed by atoms with Crippen LogP contribution in [0, 0.1) is 0 Å². The van der Waals surface area contributed by atoms with Crippen molar-refractivity contribution in [3.05, 3.63) is 47.7 Å². The highest BCUT2D eigenvalue weighted by atomic mass is 16.7. The van der Waals surface area contributed by atoms with Crippen LogP contribution in [0.4, 0.5) is 10.6 Å². The van der Waals surface area contributed by atoms with Crippen molar-refractivity contribution >= 4 is 11.8 Å². The van der Waals surface area contributed by atoms with Crippen LogP contribution in [0.5, 0.6) is 11.5 Å². The highest BCUT2D eigenvalue weighted by Crippen LogP contribution is 2.34. The first-order valence-corrected chi connectivity index (χ1v) is 9.24. The van der Waals surface area contributed by atoms with Gasteiger partial charge in [0.25, 0.3) is 0 Å². The van der Waals surface area contributed by atoms with Crippen LogP contribution in [-0.2, 0) is 6.54 Å². The molecule has 0 spiro atoms. The lowest BCUT2D eigenvalue weighted by Gasteiger charge is -2.19. The molecule has 144 valence electrons. The van der Waals surface area contributed by atoms with Gasteiger partial charge in [0.05, 0.1) is 6.04 Å². The number of hydrogen-bond donors (Lipinski definition) is 2. The van der Waals surface area contributed by atoms with Crippen molar-refractivity contribution in [2.45, 2.75) is 33.4 Å². The van der Waals surface area contributed by atoms with E-state index in [9.17, 15) is 4.79 Å². The molecule has 2 N–H and O–H groups in total. The van der Waals surface area contributed by atoms with Gasteiger partial charge in [-0.2, -0.15) is 0 Å². The maximum absolute atomic E-state index is 12.2. The standard InChI is InChI=1S/C20H26N4O3/c1-4-24(5-2)19-9-6-15(11-21-19)12-22-20(25)23-14(3)16-7-8-17-18(10-16)27-13-26-17/h6-11,14H,4-5,12-13H2,1-3H3,(H2,22,23,25). The molecule has 2 amide bonds. The van der Waals surface area contributed by atoms with Crippen molar-refractivity contribution < 1.29 is 14.3 Å². The summed E-state index contributed by atoms with van der Waals surface area (Å²) in [7, 11) is 0. The predicted molar refractivity (Wildman–Crippen MR) is 104 cm³/mol. The van der Waals surface area contributed by atoms with Crippen LogP contribution in [0.2, 0.25) is 0 Å². The lowest BCUT2D eigenvalue weighted by Crippen LogP contribution is -2.36. The highest BCUT2D eigenvalue weighted by molar-refractivity contribution is 5.74. The normalized spacial score (nSPS) is 13.1. The van der Waals surface area contributed by atoms with E-state index >= 15 is 0 Å². The number of ether oxygens (including phenoxy) is 2. The number of benzene rings is 1. The second-order valence-electron chi connectivity index (χ2n) is 6.36. The first kappa shape index (κ1) is 18.8. The second kappa shape index (κ2) is 8.62. The summed E-state index contributed by atoms with van der Waals surface area (Å²) in [4.78, 5) is 18.8. The van der Waals surface area contributed by atoms with Crippen molar-refractivity contribution in [3.63, 3.8) is 0 Å². The molecule has 27 heavy (non-hydrogen) atoms. The summed E-state index contributed by atoms with van der Waals surface area (Å²) in [6, 6.07) is 9.27. The monoisotopic (exact) mass is 370 g/mol. The molecule has 1 atom stereocenters. The van der Waals surface area contributed by atoms with Crippen LogP contribution < -0.4 is 25.0 Å². The molecule has 0 aliphatic carbocycles. The van der Waals surface area contributed by atoms with Crippen LogP contribution >= 0.6 is 0 Å². The van der Waals surface area contributed by atoms with Gasteiger partial charge in [0.1, 0.15) is 5.82 Å². The largest absolute Gasteiger partial charge is 0.454 e. The number of carbonyl (C=O) groups excluding carboxylic acids is 1. The van der Waals surface area contributed by atoms with Gasteiger partial charge in [-0.3, -0.25) is 0 Å². The third kappa shape index (κ3) is 4.61. The Balaban J connectivity index is 1.50. The SMILES string of the molecule is CCN(CC)c1ccc(CNC(=O)NC(C)c2ccc3c(c2)OCO3)cn1. The Morgan fingerprint density at radius 3 is 2.67 bits per heavy atom. The first-order chi connectivity index (χ1) is 13.1. The number of hydrogen-bond acceptors (Lipinski definition) is 5. The van der Waals surface area contributed by atoms with E-state index in [1.165, 1.54) is 0 Å². The Kier molecular flexibility index (Phi) is 6.01. The van der Waals surface area contributed by atoms with Gasteiger partial charge in [0.15, 0.2) is 11.5 Å². The average molecular weight is 370 g/mol. The van der Waals surface area contributed by atoms with Crippen LogP contribution in [0.15, 0.2) is 36.5 Å². The number of nitrogens with zero attached hydrogens (tertiary/aromatic N) is 2. The lowest BCUT2D eigenvalue weighted by atomic mass is 10.1. The van der Waals surface area contributed by atoms with Crippen molar-refractivity contribution in [2.75, 3.05) is 24.8 Å². The van der Waals surface area contributed by atoms with Crippen LogP contribution in [0.3, 0.4) is 0 Å². The quantitative estimate of drug-likeness (QED) is 0.783. The third-order valence-corrected chi connectivity index (χ3v) is 4.59. The number of fused-ring (bicyclic) bond motifs is 1. The minimum Gasteiger partial charge on any atom is -0.454 e. The van der Waals surface area contributed by atoms with E-state index < -0.39 is 0 Å². The zero-order chi connectivity index (χ0) is 19.2. The van der Waals surface area contributed by atoms with E-state index in [2.05, 4.69) is 34.4 Å². The second-order valence-corrected chi connectivity index (χ2v) is 6.36. The summed E-state index contributed by atoms with van der Waals surface area (Å²) in [5.41, 5.74) is 1.91. The molecule has 0 radical (unpaired) electrons. The maximum Gasteiger partial charge on any atom is 0.315 e. The molecule has 0 saturated heterocycles. The first-order valence-electron chi connectivity index (χ1n) is 9.24. The van der Waals surface area contributed by atoms with Crippen molar-refractivity contribution in [1.29, 1.82) is 0 Å². The summed E-state index contributed by atoms with van der Waals surface area (Å²) in [5.74, 6) is 2.39. The summed E-state index contributed by atoms with van der Waals surface area (Å²) >= 11 is 0. The zero-order valence-electron chi connectivity index (χ0n) is 16.0. The molecule has 0 saturated carbocycles. The fraction of sp³-hybridized carbons (Fsp3) is 0.400. The molecule has 2 heterocycles. The van der Waals surface area contributed by atoms with E-state index in [1.807, 2.05) is 37.3 Å². The number of pyridine rings is 1. The summed E-state index contributed by atoms with van der Waals surface area (Å²) in [6.07, 6.45) is 1.80. The molecule has 1 aliphatic rings. The molecule has 3 rings (SSSR count). The van der Waals surface area contributed by atoms with Crippen molar-refractivity contribution in [2.24, 2.45) is 0 Å². The molecular weight excluding hydrogens is 344 g/mol. The van der Waals surface area contributed by atoms with Gasteiger partial charge in [-0.1, -0.05) is 12.1 Å². The summed E-state index contributed by atoms with van der Waals surface area (Å²) in [5, 5.41) is 5.80. The number of urea groups is 1. The topological polar surface area (TPSA) is 75.7 Å². The maximum atomic E-state index is 12.2. The molecule has 2 aromatic rings. The summed E-state index contributed by atoms with van der Waals surface area (Å²) < 4.78 is 10.7. The van der Waals surface area contributed by atoms with E-state index in [-0.39, 0.29) is 18.9 Å². The van der Waals surface area contributed by atoms with Gasteiger partial charge in [-0.05, 0) is 50.1 Å². The Labute approximate surface area is 159 Å².